The van der Waals surface area contributed by atoms with E-state index in [-0.39, 0.29) is 28.8 Å². The number of nitrogens with zero attached hydrogens (tertiary/aromatic N) is 1. The number of amides is 3. The summed E-state index contributed by atoms with van der Waals surface area (Å²) in [5, 5.41) is 3.08. The van der Waals surface area contributed by atoms with Gasteiger partial charge in [0.2, 0.25) is 0 Å². The van der Waals surface area contributed by atoms with E-state index >= 15 is 0 Å². The number of benzene rings is 2. The summed E-state index contributed by atoms with van der Waals surface area (Å²) in [7, 11) is 1.24. The lowest BCUT2D eigenvalue weighted by Gasteiger charge is -2.14. The minimum absolute atomic E-state index is 0.0479. The molecule has 1 saturated heterocycles. The van der Waals surface area contributed by atoms with E-state index in [1.165, 1.54) is 25.3 Å². The third-order valence-corrected chi connectivity index (χ3v) is 4.67. The number of carbonyl (C=O) groups is 3. The molecule has 0 aromatic heterocycles. The Labute approximate surface area is 188 Å². The van der Waals surface area contributed by atoms with E-state index < -0.39 is 17.9 Å². The van der Waals surface area contributed by atoms with Gasteiger partial charge in [-0.25, -0.2) is 14.5 Å². The van der Waals surface area contributed by atoms with Gasteiger partial charge in [0.05, 0.1) is 24.4 Å². The van der Waals surface area contributed by atoms with Crippen molar-refractivity contribution in [3.05, 3.63) is 57.7 Å². The number of nitrogens with one attached hydrogen (secondary N) is 1. The zero-order valence-electron chi connectivity index (χ0n) is 16.6. The SMILES string of the molecule is CCOc1cc(/C=C2/NC(=O)N(c3cccc(Cl)c3)C2=O)cc(Cl)c1OCC(=O)OC. The number of halogens is 2. The lowest BCUT2D eigenvalue weighted by molar-refractivity contribution is -0.142. The van der Waals surface area contributed by atoms with Gasteiger partial charge in [-0.05, 0) is 48.9 Å². The molecule has 0 spiro atoms. The van der Waals surface area contributed by atoms with E-state index in [2.05, 4.69) is 10.1 Å². The van der Waals surface area contributed by atoms with Crippen molar-refractivity contribution in [3.63, 3.8) is 0 Å². The van der Waals surface area contributed by atoms with Crippen LogP contribution in [-0.4, -0.2) is 38.2 Å². The lowest BCUT2D eigenvalue weighted by Crippen LogP contribution is -2.30. The van der Waals surface area contributed by atoms with Crippen molar-refractivity contribution in [2.45, 2.75) is 6.92 Å². The van der Waals surface area contributed by atoms with Gasteiger partial charge in [0.1, 0.15) is 5.70 Å². The largest absolute Gasteiger partial charge is 0.490 e. The normalized spacial score (nSPS) is 14.6. The standard InChI is InChI=1S/C21H18Cl2N2O6/c1-3-30-17-9-12(7-15(23)19(17)31-11-18(26)29-2)8-16-20(27)25(21(28)24-16)14-6-4-5-13(22)10-14/h4-10H,3,11H2,1-2H3,(H,24,28)/b16-8+. The van der Waals surface area contributed by atoms with Crippen molar-refractivity contribution in [1.29, 1.82) is 0 Å². The molecule has 3 amide bonds. The van der Waals surface area contributed by atoms with Crippen LogP contribution in [0, 0.1) is 0 Å². The summed E-state index contributed by atoms with van der Waals surface area (Å²) in [5.41, 5.74) is 0.875. The molecule has 0 radical (unpaired) electrons. The molecule has 2 aromatic rings. The summed E-state index contributed by atoms with van der Waals surface area (Å²) in [6, 6.07) is 8.89. The van der Waals surface area contributed by atoms with Gasteiger partial charge in [-0.1, -0.05) is 29.3 Å². The fourth-order valence-electron chi connectivity index (χ4n) is 2.82. The number of carbonyl (C=O) groups excluding carboxylic acids is 3. The number of esters is 1. The molecule has 1 heterocycles. The van der Waals surface area contributed by atoms with E-state index in [1.54, 1.807) is 31.2 Å². The number of rotatable bonds is 7. The summed E-state index contributed by atoms with van der Waals surface area (Å²) in [5.74, 6) is -0.690. The predicted octanol–water partition coefficient (Wildman–Crippen LogP) is 4.04. The van der Waals surface area contributed by atoms with Crippen LogP contribution in [0.5, 0.6) is 11.5 Å². The third kappa shape index (κ3) is 5.10. The maximum absolute atomic E-state index is 12.8. The zero-order valence-corrected chi connectivity index (χ0v) is 18.1. The third-order valence-electron chi connectivity index (χ3n) is 4.15. The van der Waals surface area contributed by atoms with Crippen molar-refractivity contribution < 1.29 is 28.6 Å². The van der Waals surface area contributed by atoms with Crippen LogP contribution in [0.3, 0.4) is 0 Å². The second-order valence-electron chi connectivity index (χ2n) is 6.24. The van der Waals surface area contributed by atoms with E-state index in [9.17, 15) is 14.4 Å². The van der Waals surface area contributed by atoms with Crippen LogP contribution in [-0.2, 0) is 14.3 Å². The maximum Gasteiger partial charge on any atom is 0.343 e. The van der Waals surface area contributed by atoms with Gasteiger partial charge in [0.15, 0.2) is 18.1 Å². The zero-order chi connectivity index (χ0) is 22.5. The molecule has 0 aliphatic carbocycles. The molecule has 0 saturated carbocycles. The van der Waals surface area contributed by atoms with E-state index in [4.69, 9.17) is 32.7 Å². The molecule has 1 aliphatic rings. The fourth-order valence-corrected chi connectivity index (χ4v) is 3.27. The Morgan fingerprint density at radius 2 is 1.94 bits per heavy atom. The molecule has 0 unspecified atom stereocenters. The second kappa shape index (κ2) is 9.72. The van der Waals surface area contributed by atoms with Crippen molar-refractivity contribution in [2.24, 2.45) is 0 Å². The molecule has 2 aromatic carbocycles. The van der Waals surface area contributed by atoms with Crippen LogP contribution in [0.1, 0.15) is 12.5 Å². The summed E-state index contributed by atoms with van der Waals surface area (Å²) >= 11 is 12.3. The van der Waals surface area contributed by atoms with Crippen LogP contribution < -0.4 is 19.7 Å². The van der Waals surface area contributed by atoms with Crippen molar-refractivity contribution in [3.8, 4) is 11.5 Å². The first-order chi connectivity index (χ1) is 14.8. The second-order valence-corrected chi connectivity index (χ2v) is 7.08. The predicted molar refractivity (Wildman–Crippen MR) is 116 cm³/mol. The Morgan fingerprint density at radius 1 is 1.16 bits per heavy atom. The van der Waals surface area contributed by atoms with Crippen LogP contribution in [0.15, 0.2) is 42.1 Å². The molecular weight excluding hydrogens is 447 g/mol. The highest BCUT2D eigenvalue weighted by atomic mass is 35.5. The summed E-state index contributed by atoms with van der Waals surface area (Å²) < 4.78 is 15.5. The lowest BCUT2D eigenvalue weighted by atomic mass is 10.1. The van der Waals surface area contributed by atoms with E-state index in [1.807, 2.05) is 0 Å². The highest BCUT2D eigenvalue weighted by molar-refractivity contribution is 6.33. The Hall–Kier alpha value is -3.23. The molecule has 0 atom stereocenters. The fraction of sp³-hybridized carbons (Fsp3) is 0.190. The topological polar surface area (TPSA) is 94.2 Å². The van der Waals surface area contributed by atoms with E-state index in [0.29, 0.717) is 22.9 Å². The smallest absolute Gasteiger partial charge is 0.343 e. The summed E-state index contributed by atoms with van der Waals surface area (Å²) in [6.45, 7) is 1.73. The van der Waals surface area contributed by atoms with Gasteiger partial charge < -0.3 is 19.5 Å². The Balaban J connectivity index is 1.91. The summed E-state index contributed by atoms with van der Waals surface area (Å²) in [4.78, 5) is 37.5. The monoisotopic (exact) mass is 464 g/mol. The van der Waals surface area contributed by atoms with Gasteiger partial charge in [-0.15, -0.1) is 0 Å². The molecule has 1 aliphatic heterocycles. The maximum atomic E-state index is 12.8. The van der Waals surface area contributed by atoms with Crippen molar-refractivity contribution in [2.75, 3.05) is 25.2 Å². The average molecular weight is 465 g/mol. The van der Waals surface area contributed by atoms with Crippen molar-refractivity contribution >= 4 is 52.9 Å². The van der Waals surface area contributed by atoms with Crippen LogP contribution in [0.4, 0.5) is 10.5 Å². The van der Waals surface area contributed by atoms with Crippen molar-refractivity contribution in [1.82, 2.24) is 5.32 Å². The molecule has 8 nitrogen and oxygen atoms in total. The number of imide groups is 1. The highest BCUT2D eigenvalue weighted by Gasteiger charge is 2.35. The molecule has 1 fully saturated rings. The Bertz CT molecular complexity index is 1070. The summed E-state index contributed by atoms with van der Waals surface area (Å²) in [6.07, 6.45) is 1.46. The molecule has 162 valence electrons. The number of anilines is 1. The van der Waals surface area contributed by atoms with Gasteiger partial charge >= 0.3 is 12.0 Å². The van der Waals surface area contributed by atoms with Gasteiger partial charge in [-0.2, -0.15) is 0 Å². The molecule has 3 rings (SSSR count). The van der Waals surface area contributed by atoms with Gasteiger partial charge in [0, 0.05) is 5.02 Å². The molecule has 31 heavy (non-hydrogen) atoms. The van der Waals surface area contributed by atoms with Gasteiger partial charge in [0.25, 0.3) is 5.91 Å². The first-order valence-electron chi connectivity index (χ1n) is 9.12. The highest BCUT2D eigenvalue weighted by Crippen LogP contribution is 2.37. The Morgan fingerprint density at radius 3 is 2.61 bits per heavy atom. The van der Waals surface area contributed by atoms with Crippen LogP contribution in [0.25, 0.3) is 6.08 Å². The number of methoxy groups -OCH3 is 1. The Kier molecular flexibility index (Phi) is 7.04. The first-order valence-corrected chi connectivity index (χ1v) is 9.88. The average Bonchev–Trinajstić information content (AvgIpc) is 3.00. The minimum Gasteiger partial charge on any atom is -0.490 e. The number of ether oxygens (including phenoxy) is 3. The molecular formula is C21H18Cl2N2O6. The minimum atomic E-state index is -0.604. The van der Waals surface area contributed by atoms with Gasteiger partial charge in [-0.3, -0.25) is 4.79 Å². The number of hydrogen-bond acceptors (Lipinski definition) is 6. The van der Waals surface area contributed by atoms with Crippen LogP contribution in [0.2, 0.25) is 10.0 Å². The quantitative estimate of drug-likeness (QED) is 0.377. The first kappa shape index (κ1) is 22.5. The number of hydrogen-bond donors (Lipinski definition) is 1. The van der Waals surface area contributed by atoms with Crippen LogP contribution >= 0.6 is 23.2 Å². The number of urea groups is 1. The molecule has 1 N–H and O–H groups in total. The molecule has 0 bridgehead atoms. The molecule has 10 heteroatoms. The van der Waals surface area contributed by atoms with E-state index in [0.717, 1.165) is 4.90 Å².